The molecule has 3 rings (SSSR count). The Morgan fingerprint density at radius 1 is 1.22 bits per heavy atom. The fourth-order valence-corrected chi connectivity index (χ4v) is 3.56. The molecule has 1 aliphatic rings. The monoisotopic (exact) mass is 372 g/mol. The number of carboxylic acids is 1. The first kappa shape index (κ1) is 19.4. The number of hydrogen-bond donors (Lipinski definition) is 3. The van der Waals surface area contributed by atoms with Crippen molar-refractivity contribution < 1.29 is 14.7 Å². The van der Waals surface area contributed by atoms with Crippen LogP contribution >= 0.6 is 0 Å². The highest BCUT2D eigenvalue weighted by molar-refractivity contribution is 5.96. The van der Waals surface area contributed by atoms with Crippen molar-refractivity contribution in [2.45, 2.75) is 26.8 Å². The summed E-state index contributed by atoms with van der Waals surface area (Å²) in [4.78, 5) is 31.5. The number of hydrogen-bond acceptors (Lipinski definition) is 4. The summed E-state index contributed by atoms with van der Waals surface area (Å²) in [6.45, 7) is 10.0. The molecule has 7 heteroatoms. The lowest BCUT2D eigenvalue weighted by atomic mass is 10.0. The average Bonchev–Trinajstić information content (AvgIpc) is 3.05. The molecule has 146 valence electrons. The fourth-order valence-electron chi connectivity index (χ4n) is 3.56. The molecule has 2 heterocycles. The summed E-state index contributed by atoms with van der Waals surface area (Å²) in [7, 11) is 0. The molecule has 1 saturated heterocycles. The summed E-state index contributed by atoms with van der Waals surface area (Å²) in [5, 5.41) is 13.6. The number of amides is 1. The SMILES string of the molecule is CCN1CCN([C@H](C(=O)O)c2c[nH]c3cc(NC(=O)C(C)C)ccc23)CC1. The number of fused-ring (bicyclic) bond motifs is 1. The summed E-state index contributed by atoms with van der Waals surface area (Å²) in [6, 6.07) is 4.89. The minimum atomic E-state index is -0.835. The molecule has 1 aliphatic heterocycles. The zero-order valence-electron chi connectivity index (χ0n) is 16.2. The number of likely N-dealkylation sites (N-methyl/N-ethyl adjacent to an activating group) is 1. The highest BCUT2D eigenvalue weighted by Crippen LogP contribution is 2.31. The number of carboxylic acid groups (broad SMARTS) is 1. The number of piperazine rings is 1. The lowest BCUT2D eigenvalue weighted by Gasteiger charge is -2.37. The first-order chi connectivity index (χ1) is 12.9. The van der Waals surface area contributed by atoms with E-state index in [-0.39, 0.29) is 11.8 Å². The number of nitrogens with one attached hydrogen (secondary N) is 2. The third kappa shape index (κ3) is 4.14. The smallest absolute Gasteiger partial charge is 0.325 e. The summed E-state index contributed by atoms with van der Waals surface area (Å²) >= 11 is 0. The van der Waals surface area contributed by atoms with Crippen molar-refractivity contribution in [1.82, 2.24) is 14.8 Å². The maximum Gasteiger partial charge on any atom is 0.325 e. The van der Waals surface area contributed by atoms with E-state index in [1.54, 1.807) is 6.20 Å². The Labute approximate surface area is 159 Å². The molecule has 0 unspecified atom stereocenters. The number of anilines is 1. The van der Waals surface area contributed by atoms with Gasteiger partial charge in [0.15, 0.2) is 0 Å². The summed E-state index contributed by atoms with van der Waals surface area (Å²) < 4.78 is 0. The van der Waals surface area contributed by atoms with Crippen LogP contribution < -0.4 is 5.32 Å². The van der Waals surface area contributed by atoms with E-state index in [4.69, 9.17) is 0 Å². The van der Waals surface area contributed by atoms with Gasteiger partial charge < -0.3 is 20.3 Å². The van der Waals surface area contributed by atoms with Crippen LogP contribution in [0, 0.1) is 5.92 Å². The second-order valence-corrected chi connectivity index (χ2v) is 7.36. The molecular formula is C20H28N4O3. The van der Waals surface area contributed by atoms with E-state index < -0.39 is 12.0 Å². The van der Waals surface area contributed by atoms with Crippen LogP contribution in [0.3, 0.4) is 0 Å². The van der Waals surface area contributed by atoms with E-state index in [1.807, 2.05) is 36.9 Å². The van der Waals surface area contributed by atoms with Gasteiger partial charge in [-0.15, -0.1) is 0 Å². The third-order valence-electron chi connectivity index (χ3n) is 5.25. The van der Waals surface area contributed by atoms with Crippen molar-refractivity contribution >= 4 is 28.5 Å². The Bertz CT molecular complexity index is 822. The Hall–Kier alpha value is -2.38. The van der Waals surface area contributed by atoms with Crippen LogP contribution in [0.15, 0.2) is 24.4 Å². The fraction of sp³-hybridized carbons (Fsp3) is 0.500. The zero-order valence-corrected chi connectivity index (χ0v) is 16.2. The molecule has 0 aliphatic carbocycles. The van der Waals surface area contributed by atoms with Gasteiger partial charge in [0.05, 0.1) is 0 Å². The van der Waals surface area contributed by atoms with E-state index in [1.165, 1.54) is 0 Å². The van der Waals surface area contributed by atoms with Crippen molar-refractivity contribution in [3.63, 3.8) is 0 Å². The number of aromatic amines is 1. The largest absolute Gasteiger partial charge is 0.480 e. The van der Waals surface area contributed by atoms with E-state index in [0.717, 1.165) is 49.2 Å². The van der Waals surface area contributed by atoms with Gasteiger partial charge in [0.1, 0.15) is 6.04 Å². The minimum absolute atomic E-state index is 0.0432. The molecule has 0 radical (unpaired) electrons. The number of aliphatic carboxylic acids is 1. The molecule has 1 fully saturated rings. The second-order valence-electron chi connectivity index (χ2n) is 7.36. The maximum atomic E-state index is 12.1. The highest BCUT2D eigenvalue weighted by Gasteiger charge is 2.31. The van der Waals surface area contributed by atoms with Gasteiger partial charge in [-0.1, -0.05) is 26.8 Å². The Kier molecular flexibility index (Phi) is 5.82. The van der Waals surface area contributed by atoms with Gasteiger partial charge in [-0.3, -0.25) is 14.5 Å². The van der Waals surface area contributed by atoms with Gasteiger partial charge >= 0.3 is 5.97 Å². The van der Waals surface area contributed by atoms with Gasteiger partial charge in [0, 0.05) is 60.4 Å². The summed E-state index contributed by atoms with van der Waals surface area (Å²) in [5.74, 6) is -0.977. The van der Waals surface area contributed by atoms with Gasteiger partial charge in [-0.2, -0.15) is 0 Å². The lowest BCUT2D eigenvalue weighted by Crippen LogP contribution is -2.49. The molecule has 0 bridgehead atoms. The predicted molar refractivity (Wildman–Crippen MR) is 106 cm³/mol. The first-order valence-corrected chi connectivity index (χ1v) is 9.51. The van der Waals surface area contributed by atoms with Crippen molar-refractivity contribution in [2.75, 3.05) is 38.0 Å². The second kappa shape index (κ2) is 8.10. The molecule has 1 amide bonds. The molecule has 1 atom stereocenters. The van der Waals surface area contributed by atoms with Crippen LogP contribution in [0.1, 0.15) is 32.4 Å². The lowest BCUT2D eigenvalue weighted by molar-refractivity contribution is -0.144. The molecule has 1 aromatic carbocycles. The number of nitrogens with zero attached hydrogens (tertiary/aromatic N) is 2. The zero-order chi connectivity index (χ0) is 19.6. The summed E-state index contributed by atoms with van der Waals surface area (Å²) in [6.07, 6.45) is 1.78. The third-order valence-corrected chi connectivity index (χ3v) is 5.25. The molecule has 2 aromatic rings. The van der Waals surface area contributed by atoms with Gasteiger partial charge in [0.2, 0.25) is 5.91 Å². The van der Waals surface area contributed by atoms with Crippen LogP contribution in [-0.2, 0) is 9.59 Å². The first-order valence-electron chi connectivity index (χ1n) is 9.51. The Balaban J connectivity index is 1.86. The molecular weight excluding hydrogens is 344 g/mol. The molecule has 7 nitrogen and oxygen atoms in total. The van der Waals surface area contributed by atoms with Crippen molar-refractivity contribution in [3.8, 4) is 0 Å². The van der Waals surface area contributed by atoms with Crippen LogP contribution in [-0.4, -0.2) is 64.5 Å². The quantitative estimate of drug-likeness (QED) is 0.725. The topological polar surface area (TPSA) is 88.7 Å². The molecule has 0 saturated carbocycles. The maximum absolute atomic E-state index is 12.1. The Morgan fingerprint density at radius 3 is 2.52 bits per heavy atom. The van der Waals surface area contributed by atoms with Crippen LogP contribution in [0.4, 0.5) is 5.69 Å². The number of H-pyrrole nitrogens is 1. The number of carbonyl (C=O) groups is 2. The van der Waals surface area contributed by atoms with Crippen LogP contribution in [0.5, 0.6) is 0 Å². The van der Waals surface area contributed by atoms with E-state index in [0.29, 0.717) is 5.69 Å². The minimum Gasteiger partial charge on any atom is -0.480 e. The Morgan fingerprint density at radius 2 is 1.93 bits per heavy atom. The number of aromatic nitrogens is 1. The number of rotatable bonds is 6. The average molecular weight is 372 g/mol. The van der Waals surface area contributed by atoms with E-state index >= 15 is 0 Å². The van der Waals surface area contributed by atoms with Crippen molar-refractivity contribution in [1.29, 1.82) is 0 Å². The molecule has 27 heavy (non-hydrogen) atoms. The van der Waals surface area contributed by atoms with Gasteiger partial charge in [-0.25, -0.2) is 0 Å². The van der Waals surface area contributed by atoms with Crippen LogP contribution in [0.2, 0.25) is 0 Å². The van der Waals surface area contributed by atoms with Crippen molar-refractivity contribution in [2.24, 2.45) is 5.92 Å². The van der Waals surface area contributed by atoms with E-state index in [9.17, 15) is 14.7 Å². The van der Waals surface area contributed by atoms with Gasteiger partial charge in [0.25, 0.3) is 0 Å². The molecule has 3 N–H and O–H groups in total. The van der Waals surface area contributed by atoms with Crippen LogP contribution in [0.25, 0.3) is 10.9 Å². The molecule has 1 aromatic heterocycles. The van der Waals surface area contributed by atoms with Crippen molar-refractivity contribution in [3.05, 3.63) is 30.0 Å². The van der Waals surface area contributed by atoms with Gasteiger partial charge in [-0.05, 0) is 18.7 Å². The molecule has 0 spiro atoms. The number of benzene rings is 1. The summed E-state index contributed by atoms with van der Waals surface area (Å²) in [5.41, 5.74) is 2.30. The van der Waals surface area contributed by atoms with E-state index in [2.05, 4.69) is 22.1 Å². The highest BCUT2D eigenvalue weighted by atomic mass is 16.4. The normalized spacial score (nSPS) is 17.3. The number of carbonyl (C=O) groups excluding carboxylic acids is 1. The standard InChI is InChI=1S/C20H28N4O3/c1-4-23-7-9-24(10-8-23)18(20(26)27)16-12-21-17-11-14(5-6-15(16)17)22-19(25)13(2)3/h5-6,11-13,18,21H,4,7-10H2,1-3H3,(H,22,25)(H,26,27)/t18-/m0/s1. The predicted octanol–water partition coefficient (Wildman–Crippen LogP) is 2.53.